The molecule has 1 N–H and O–H groups in total. The lowest BCUT2D eigenvalue weighted by Gasteiger charge is -2.48. The molecule has 6 nitrogen and oxygen atoms in total. The van der Waals surface area contributed by atoms with Crippen LogP contribution in [-0.4, -0.2) is 46.1 Å². The summed E-state index contributed by atoms with van der Waals surface area (Å²) < 4.78 is 5.05. The lowest BCUT2D eigenvalue weighted by molar-refractivity contribution is 0.0326. The van der Waals surface area contributed by atoms with Crippen molar-refractivity contribution >= 4 is 17.7 Å². The number of piperidine rings is 1. The van der Waals surface area contributed by atoms with Crippen molar-refractivity contribution in [1.82, 2.24) is 20.4 Å². The highest BCUT2D eigenvalue weighted by Crippen LogP contribution is 2.35. The number of benzene rings is 1. The molecule has 1 aromatic heterocycles. The second kappa shape index (κ2) is 9.96. The van der Waals surface area contributed by atoms with Gasteiger partial charge in [-0.05, 0) is 50.9 Å². The minimum absolute atomic E-state index is 0.0179. The number of carbonyl (C=O) groups excluding carboxylic acids is 1. The van der Waals surface area contributed by atoms with E-state index in [1.54, 1.807) is 18.7 Å². The van der Waals surface area contributed by atoms with Crippen molar-refractivity contribution in [2.45, 2.75) is 74.5 Å². The molecule has 1 aromatic carbocycles. The number of likely N-dealkylation sites (tertiary alicyclic amines) is 1. The first kappa shape index (κ1) is 21.4. The molecule has 1 saturated carbocycles. The second-order valence-corrected chi connectivity index (χ2v) is 9.55. The average molecular weight is 429 g/mol. The van der Waals surface area contributed by atoms with Crippen LogP contribution in [-0.2, 0) is 5.75 Å². The van der Waals surface area contributed by atoms with Crippen molar-refractivity contribution < 1.29 is 9.32 Å². The van der Waals surface area contributed by atoms with Crippen LogP contribution in [0.15, 0.2) is 33.7 Å². The summed E-state index contributed by atoms with van der Waals surface area (Å²) in [5, 5.41) is 7.26. The Bertz CT molecular complexity index is 841. The number of hydrogen-bond donors (Lipinski definition) is 1. The number of aromatic nitrogens is 2. The monoisotopic (exact) mass is 428 g/mol. The van der Waals surface area contributed by atoms with Gasteiger partial charge in [0.25, 0.3) is 5.91 Å². The number of amides is 1. The van der Waals surface area contributed by atoms with E-state index in [1.165, 1.54) is 64.5 Å². The molecule has 0 unspecified atom stereocenters. The van der Waals surface area contributed by atoms with Crippen molar-refractivity contribution in [2.75, 3.05) is 19.6 Å². The number of nitrogens with one attached hydrogen (secondary N) is 1. The molecule has 0 atom stereocenters. The van der Waals surface area contributed by atoms with E-state index in [0.717, 1.165) is 17.0 Å². The van der Waals surface area contributed by atoms with Crippen LogP contribution in [0.4, 0.5) is 0 Å². The summed E-state index contributed by atoms with van der Waals surface area (Å²) in [6, 6.07) is 7.80. The van der Waals surface area contributed by atoms with Gasteiger partial charge in [0.2, 0.25) is 5.89 Å². The predicted molar refractivity (Wildman–Crippen MR) is 119 cm³/mol. The van der Waals surface area contributed by atoms with E-state index in [-0.39, 0.29) is 11.4 Å². The Balaban J connectivity index is 1.42. The molecule has 0 radical (unpaired) electrons. The summed E-state index contributed by atoms with van der Waals surface area (Å²) in [6.45, 7) is 4.87. The van der Waals surface area contributed by atoms with Crippen LogP contribution >= 0.6 is 11.8 Å². The summed E-state index contributed by atoms with van der Waals surface area (Å²) in [5.41, 5.74) is 0.866. The van der Waals surface area contributed by atoms with Crippen molar-refractivity contribution in [1.29, 1.82) is 0 Å². The Labute approximate surface area is 183 Å². The smallest absolute Gasteiger partial charge is 0.252 e. The first-order chi connectivity index (χ1) is 14.7. The molecular weight excluding hydrogens is 396 g/mol. The first-order valence-corrected chi connectivity index (χ1v) is 12.2. The fourth-order valence-corrected chi connectivity index (χ4v) is 5.74. The number of rotatable bonds is 7. The molecule has 162 valence electrons. The first-order valence-electron chi connectivity index (χ1n) is 11.2. The molecule has 0 spiro atoms. The maximum Gasteiger partial charge on any atom is 0.252 e. The fraction of sp³-hybridized carbons (Fsp3) is 0.609. The van der Waals surface area contributed by atoms with Crippen LogP contribution in [0.25, 0.3) is 0 Å². The van der Waals surface area contributed by atoms with Crippen molar-refractivity contribution in [3.8, 4) is 0 Å². The minimum Gasteiger partial charge on any atom is -0.350 e. The molecule has 0 bridgehead atoms. The third-order valence-electron chi connectivity index (χ3n) is 6.45. The van der Waals surface area contributed by atoms with Crippen LogP contribution in [0.1, 0.15) is 73.4 Å². The third-order valence-corrected chi connectivity index (χ3v) is 7.52. The van der Waals surface area contributed by atoms with Gasteiger partial charge in [-0.3, -0.25) is 9.69 Å². The summed E-state index contributed by atoms with van der Waals surface area (Å²) >= 11 is 1.57. The SMILES string of the molecule is Cc1nc(CSc2ccccc2C(=O)NCC2(N3CCCCC3)CCCCC2)no1. The molecule has 2 aromatic rings. The molecule has 1 amide bonds. The largest absolute Gasteiger partial charge is 0.350 e. The van der Waals surface area contributed by atoms with E-state index >= 15 is 0 Å². The highest BCUT2D eigenvalue weighted by atomic mass is 32.2. The Kier molecular flexibility index (Phi) is 7.10. The molecule has 7 heteroatoms. The quantitative estimate of drug-likeness (QED) is 0.651. The number of hydrogen-bond acceptors (Lipinski definition) is 6. The van der Waals surface area contributed by atoms with E-state index in [0.29, 0.717) is 17.5 Å². The molecular formula is C23H32N4O2S. The van der Waals surface area contributed by atoms with Gasteiger partial charge in [-0.15, -0.1) is 11.8 Å². The second-order valence-electron chi connectivity index (χ2n) is 8.53. The van der Waals surface area contributed by atoms with Gasteiger partial charge in [0, 0.05) is 23.9 Å². The van der Waals surface area contributed by atoms with Gasteiger partial charge in [-0.2, -0.15) is 4.98 Å². The molecule has 1 aliphatic heterocycles. The van der Waals surface area contributed by atoms with Gasteiger partial charge in [-0.25, -0.2) is 0 Å². The van der Waals surface area contributed by atoms with Crippen molar-refractivity contribution in [3.05, 3.63) is 41.5 Å². The number of thioether (sulfide) groups is 1. The Hall–Kier alpha value is -1.86. The summed E-state index contributed by atoms with van der Waals surface area (Å²) in [5.74, 6) is 1.81. The Morgan fingerprint density at radius 1 is 1.13 bits per heavy atom. The van der Waals surface area contributed by atoms with Crippen LogP contribution in [0, 0.1) is 6.92 Å². The van der Waals surface area contributed by atoms with Gasteiger partial charge in [0.05, 0.1) is 11.3 Å². The molecule has 1 saturated heterocycles. The van der Waals surface area contributed by atoms with Gasteiger partial charge in [-0.1, -0.05) is 43.0 Å². The summed E-state index contributed by atoms with van der Waals surface area (Å²) in [4.78, 5) is 21.0. The van der Waals surface area contributed by atoms with Gasteiger partial charge in [0.15, 0.2) is 5.82 Å². The normalized spacial score (nSPS) is 19.5. The van der Waals surface area contributed by atoms with E-state index in [4.69, 9.17) is 4.52 Å². The third kappa shape index (κ3) is 5.06. The van der Waals surface area contributed by atoms with Gasteiger partial charge >= 0.3 is 0 Å². The molecule has 2 aliphatic rings. The zero-order valence-electron chi connectivity index (χ0n) is 17.9. The van der Waals surface area contributed by atoms with Crippen molar-refractivity contribution in [3.63, 3.8) is 0 Å². The topological polar surface area (TPSA) is 71.3 Å². The van der Waals surface area contributed by atoms with Crippen LogP contribution in [0.3, 0.4) is 0 Å². The zero-order chi connectivity index (χ0) is 20.8. The van der Waals surface area contributed by atoms with Gasteiger partial charge < -0.3 is 9.84 Å². The van der Waals surface area contributed by atoms with Crippen molar-refractivity contribution in [2.24, 2.45) is 0 Å². The average Bonchev–Trinajstić information content (AvgIpc) is 3.22. The van der Waals surface area contributed by atoms with E-state index < -0.39 is 0 Å². The van der Waals surface area contributed by atoms with Crippen LogP contribution < -0.4 is 5.32 Å². The number of carbonyl (C=O) groups is 1. The standard InChI is InChI=1S/C23H32N4O2S/c1-18-25-21(26-29-18)16-30-20-11-5-4-10-19(20)22(28)24-17-23(12-6-2-7-13-23)27-14-8-3-9-15-27/h4-5,10-11H,2-3,6-9,12-17H2,1H3,(H,24,28). The Morgan fingerprint density at radius 2 is 1.87 bits per heavy atom. The van der Waals surface area contributed by atoms with E-state index in [2.05, 4.69) is 20.4 Å². The number of nitrogens with zero attached hydrogens (tertiary/aromatic N) is 3. The van der Waals surface area contributed by atoms with Crippen LogP contribution in [0.5, 0.6) is 0 Å². The van der Waals surface area contributed by atoms with E-state index in [9.17, 15) is 4.79 Å². The minimum atomic E-state index is 0.0179. The van der Waals surface area contributed by atoms with Gasteiger partial charge in [0.1, 0.15) is 0 Å². The number of aryl methyl sites for hydroxylation is 1. The molecule has 2 heterocycles. The fourth-order valence-electron chi connectivity index (χ4n) is 4.85. The van der Waals surface area contributed by atoms with Crippen LogP contribution in [0.2, 0.25) is 0 Å². The predicted octanol–water partition coefficient (Wildman–Crippen LogP) is 4.59. The molecule has 1 aliphatic carbocycles. The summed E-state index contributed by atoms with van der Waals surface area (Å²) in [6.07, 6.45) is 10.1. The van der Waals surface area contributed by atoms with E-state index in [1.807, 2.05) is 24.3 Å². The highest BCUT2D eigenvalue weighted by Gasteiger charge is 2.38. The molecule has 30 heavy (non-hydrogen) atoms. The molecule has 4 rings (SSSR count). The lowest BCUT2D eigenvalue weighted by atomic mass is 9.79. The lowest BCUT2D eigenvalue weighted by Crippen LogP contribution is -2.58. The highest BCUT2D eigenvalue weighted by molar-refractivity contribution is 7.98. The zero-order valence-corrected chi connectivity index (χ0v) is 18.7. The summed E-state index contributed by atoms with van der Waals surface area (Å²) in [7, 11) is 0. The Morgan fingerprint density at radius 3 is 2.60 bits per heavy atom. The maximum atomic E-state index is 13.2. The maximum absolute atomic E-state index is 13.2. The molecule has 2 fully saturated rings.